The van der Waals surface area contributed by atoms with Gasteiger partial charge < -0.3 is 14.4 Å². The Bertz CT molecular complexity index is 488. The van der Waals surface area contributed by atoms with Crippen molar-refractivity contribution < 1.29 is 9.47 Å². The Balaban J connectivity index is 1.48. The summed E-state index contributed by atoms with van der Waals surface area (Å²) >= 11 is 0. The van der Waals surface area contributed by atoms with Crippen LogP contribution >= 0.6 is 0 Å². The maximum absolute atomic E-state index is 6.24. The smallest absolute Gasteiger partial charge is 0.123 e. The Hall–Kier alpha value is -1.10. The van der Waals surface area contributed by atoms with Crippen molar-refractivity contribution in [3.05, 3.63) is 29.8 Å². The Kier molecular flexibility index (Phi) is 4.71. The summed E-state index contributed by atoms with van der Waals surface area (Å²) in [6, 6.07) is 8.29. The first kappa shape index (κ1) is 15.8. The summed E-state index contributed by atoms with van der Waals surface area (Å²) in [5.41, 5.74) is 1.39. The van der Waals surface area contributed by atoms with Crippen LogP contribution in [0, 0.1) is 5.92 Å². The molecule has 2 heterocycles. The van der Waals surface area contributed by atoms with Gasteiger partial charge in [-0.25, -0.2) is 0 Å². The fraction of sp³-hybridized carbons (Fsp3) is 0.667. The van der Waals surface area contributed by atoms with Crippen molar-refractivity contribution in [2.75, 3.05) is 47.4 Å². The molecule has 22 heavy (non-hydrogen) atoms. The predicted molar refractivity (Wildman–Crippen MR) is 88.2 cm³/mol. The standard InChI is InChI=1S/C18H28N2O2/c1-19(2)10-15-8-9-18(22-12-15)13-20(14-18)11-16-6-4-5-7-17(16)21-3/h4-7,15H,8-14H2,1-3H3. The third kappa shape index (κ3) is 3.45. The molecule has 1 unspecified atom stereocenters. The van der Waals surface area contributed by atoms with Crippen LogP contribution in [0.25, 0.3) is 0 Å². The molecule has 0 amide bonds. The van der Waals surface area contributed by atoms with Gasteiger partial charge in [0.1, 0.15) is 5.75 Å². The monoisotopic (exact) mass is 304 g/mol. The second-order valence-electron chi connectivity index (χ2n) is 7.12. The average molecular weight is 304 g/mol. The maximum Gasteiger partial charge on any atom is 0.123 e. The van der Waals surface area contributed by atoms with E-state index in [2.05, 4.69) is 36.0 Å². The molecule has 1 aromatic carbocycles. The van der Waals surface area contributed by atoms with Gasteiger partial charge in [-0.15, -0.1) is 0 Å². The van der Waals surface area contributed by atoms with Crippen LogP contribution in [0.2, 0.25) is 0 Å². The predicted octanol–water partition coefficient (Wildman–Crippen LogP) is 2.24. The molecule has 3 rings (SSSR count). The maximum atomic E-state index is 6.24. The van der Waals surface area contributed by atoms with Crippen LogP contribution in [0.3, 0.4) is 0 Å². The van der Waals surface area contributed by atoms with Gasteiger partial charge in [-0.2, -0.15) is 0 Å². The minimum absolute atomic E-state index is 0.130. The number of nitrogens with zero attached hydrogens (tertiary/aromatic N) is 2. The summed E-state index contributed by atoms with van der Waals surface area (Å²) in [6.07, 6.45) is 2.49. The van der Waals surface area contributed by atoms with Crippen LogP contribution in [0.15, 0.2) is 24.3 Å². The number of ether oxygens (including phenoxy) is 2. The third-order valence-electron chi connectivity index (χ3n) is 4.87. The van der Waals surface area contributed by atoms with Gasteiger partial charge in [0.05, 0.1) is 19.3 Å². The number of rotatable bonds is 5. The molecule has 2 saturated heterocycles. The lowest BCUT2D eigenvalue weighted by Crippen LogP contribution is -2.64. The molecule has 1 aromatic rings. The second-order valence-corrected chi connectivity index (χ2v) is 7.12. The van der Waals surface area contributed by atoms with Gasteiger partial charge in [-0.1, -0.05) is 18.2 Å². The van der Waals surface area contributed by atoms with Crippen molar-refractivity contribution in [3.8, 4) is 5.75 Å². The van der Waals surface area contributed by atoms with Crippen LogP contribution in [-0.4, -0.2) is 62.8 Å². The van der Waals surface area contributed by atoms with Gasteiger partial charge in [0.15, 0.2) is 0 Å². The second kappa shape index (κ2) is 6.57. The van der Waals surface area contributed by atoms with Crippen LogP contribution in [-0.2, 0) is 11.3 Å². The lowest BCUT2D eigenvalue weighted by Gasteiger charge is -2.53. The summed E-state index contributed by atoms with van der Waals surface area (Å²) in [6.45, 7) is 5.12. The van der Waals surface area contributed by atoms with E-state index in [0.717, 1.165) is 38.5 Å². The Morgan fingerprint density at radius 3 is 2.73 bits per heavy atom. The highest BCUT2D eigenvalue weighted by molar-refractivity contribution is 5.33. The molecule has 0 radical (unpaired) electrons. The Morgan fingerprint density at radius 1 is 1.32 bits per heavy atom. The van der Waals surface area contributed by atoms with Gasteiger partial charge in [0.25, 0.3) is 0 Å². The van der Waals surface area contributed by atoms with E-state index in [9.17, 15) is 0 Å². The number of methoxy groups -OCH3 is 1. The van der Waals surface area contributed by atoms with Gasteiger partial charge in [-0.05, 0) is 38.9 Å². The summed E-state index contributed by atoms with van der Waals surface area (Å²) in [7, 11) is 6.02. The highest BCUT2D eigenvalue weighted by Gasteiger charge is 2.46. The number of hydrogen-bond donors (Lipinski definition) is 0. The highest BCUT2D eigenvalue weighted by atomic mass is 16.5. The van der Waals surface area contributed by atoms with Gasteiger partial charge in [0, 0.05) is 31.7 Å². The normalized spacial score (nSPS) is 24.5. The van der Waals surface area contributed by atoms with Crippen LogP contribution in [0.4, 0.5) is 0 Å². The molecule has 2 aliphatic rings. The SMILES string of the molecule is COc1ccccc1CN1CC2(CCC(CN(C)C)CO2)C1. The summed E-state index contributed by atoms with van der Waals surface area (Å²) < 4.78 is 11.7. The van der Waals surface area contributed by atoms with Crippen LogP contribution < -0.4 is 4.74 Å². The molecule has 2 aliphatic heterocycles. The molecule has 1 spiro atoms. The fourth-order valence-corrected chi connectivity index (χ4v) is 3.78. The van der Waals surface area contributed by atoms with Crippen molar-refractivity contribution in [2.24, 2.45) is 5.92 Å². The molecule has 0 bridgehead atoms. The van der Waals surface area contributed by atoms with Gasteiger partial charge in [-0.3, -0.25) is 4.90 Å². The van der Waals surface area contributed by atoms with E-state index >= 15 is 0 Å². The lowest BCUT2D eigenvalue weighted by molar-refractivity contribution is -0.183. The number of benzene rings is 1. The molecule has 0 N–H and O–H groups in total. The van der Waals surface area contributed by atoms with Crippen molar-refractivity contribution >= 4 is 0 Å². The zero-order chi connectivity index (χ0) is 15.6. The zero-order valence-corrected chi connectivity index (χ0v) is 14.0. The first-order valence-corrected chi connectivity index (χ1v) is 8.23. The van der Waals surface area contributed by atoms with E-state index in [1.807, 2.05) is 12.1 Å². The van der Waals surface area contributed by atoms with E-state index in [1.54, 1.807) is 7.11 Å². The molecule has 0 saturated carbocycles. The van der Waals surface area contributed by atoms with E-state index in [1.165, 1.54) is 18.4 Å². The minimum Gasteiger partial charge on any atom is -0.496 e. The van der Waals surface area contributed by atoms with Crippen LogP contribution in [0.1, 0.15) is 18.4 Å². The van der Waals surface area contributed by atoms with E-state index in [-0.39, 0.29) is 5.60 Å². The quantitative estimate of drug-likeness (QED) is 0.833. The van der Waals surface area contributed by atoms with E-state index in [4.69, 9.17) is 9.47 Å². The molecular formula is C18H28N2O2. The van der Waals surface area contributed by atoms with E-state index in [0.29, 0.717) is 5.92 Å². The first-order valence-electron chi connectivity index (χ1n) is 8.23. The largest absolute Gasteiger partial charge is 0.496 e. The molecule has 4 heteroatoms. The lowest BCUT2D eigenvalue weighted by atomic mass is 9.82. The summed E-state index contributed by atoms with van der Waals surface area (Å²) in [5, 5.41) is 0. The molecule has 2 fully saturated rings. The molecule has 4 nitrogen and oxygen atoms in total. The average Bonchev–Trinajstić information content (AvgIpc) is 2.47. The van der Waals surface area contributed by atoms with Crippen LogP contribution in [0.5, 0.6) is 5.75 Å². The molecule has 122 valence electrons. The summed E-state index contributed by atoms with van der Waals surface area (Å²) in [5.74, 6) is 1.68. The van der Waals surface area contributed by atoms with Crippen molar-refractivity contribution in [1.82, 2.24) is 9.80 Å². The van der Waals surface area contributed by atoms with Crippen molar-refractivity contribution in [2.45, 2.75) is 25.0 Å². The number of para-hydroxylation sites is 1. The number of hydrogen-bond acceptors (Lipinski definition) is 4. The summed E-state index contributed by atoms with van der Waals surface area (Å²) in [4.78, 5) is 4.73. The van der Waals surface area contributed by atoms with Crippen molar-refractivity contribution in [1.29, 1.82) is 0 Å². The Morgan fingerprint density at radius 2 is 2.09 bits per heavy atom. The minimum atomic E-state index is 0.130. The van der Waals surface area contributed by atoms with Gasteiger partial charge >= 0.3 is 0 Å². The molecule has 0 aromatic heterocycles. The van der Waals surface area contributed by atoms with Gasteiger partial charge in [0.2, 0.25) is 0 Å². The zero-order valence-electron chi connectivity index (χ0n) is 14.0. The molecule has 1 atom stereocenters. The fourth-order valence-electron chi connectivity index (χ4n) is 3.78. The Labute approximate surface area is 134 Å². The topological polar surface area (TPSA) is 24.9 Å². The van der Waals surface area contributed by atoms with E-state index < -0.39 is 0 Å². The number of likely N-dealkylation sites (tertiary alicyclic amines) is 1. The molecule has 0 aliphatic carbocycles. The molecular weight excluding hydrogens is 276 g/mol. The highest BCUT2D eigenvalue weighted by Crippen LogP contribution is 2.37. The van der Waals surface area contributed by atoms with Crippen molar-refractivity contribution in [3.63, 3.8) is 0 Å². The first-order chi connectivity index (χ1) is 10.6. The third-order valence-corrected chi connectivity index (χ3v) is 4.87.